The Hall–Kier alpha value is -2.48. The third kappa shape index (κ3) is 4.86. The molecule has 1 aliphatic heterocycles. The van der Waals surface area contributed by atoms with Gasteiger partial charge in [-0.2, -0.15) is 15.4 Å². The molecule has 1 aliphatic rings. The topological polar surface area (TPSA) is 94.2 Å². The number of piperidine rings is 1. The first-order chi connectivity index (χ1) is 13.2. The van der Waals surface area contributed by atoms with Crippen LogP contribution in [0.2, 0.25) is 0 Å². The zero-order valence-electron chi connectivity index (χ0n) is 17.2. The van der Waals surface area contributed by atoms with Crippen molar-refractivity contribution in [3.63, 3.8) is 0 Å². The molecule has 0 unspecified atom stereocenters. The van der Waals surface area contributed by atoms with Gasteiger partial charge in [0.2, 0.25) is 5.91 Å². The molecule has 2 amide bonds. The number of fused-ring (bicyclic) bond motifs is 1. The fraction of sp³-hybridized carbons (Fsp3) is 0.600. The maximum absolute atomic E-state index is 12.8. The lowest BCUT2D eigenvalue weighted by molar-refractivity contribution is -0.126. The number of nitrogens with zero attached hydrogens (tertiary/aromatic N) is 4. The zero-order valence-corrected chi connectivity index (χ0v) is 17.2. The van der Waals surface area contributed by atoms with Crippen molar-refractivity contribution in [2.45, 2.75) is 26.7 Å². The Morgan fingerprint density at radius 1 is 1.21 bits per heavy atom. The van der Waals surface area contributed by atoms with E-state index in [9.17, 15) is 9.59 Å². The van der Waals surface area contributed by atoms with Gasteiger partial charge in [0, 0.05) is 37.7 Å². The second kappa shape index (κ2) is 8.26. The minimum atomic E-state index is -0.0303. The van der Waals surface area contributed by atoms with Crippen LogP contribution < -0.4 is 5.32 Å². The largest absolute Gasteiger partial charge is 0.355 e. The highest BCUT2D eigenvalue weighted by atomic mass is 16.2. The number of likely N-dealkylation sites (tertiary alicyclic amines) is 1. The monoisotopic (exact) mass is 386 g/mol. The van der Waals surface area contributed by atoms with E-state index < -0.39 is 0 Å². The minimum Gasteiger partial charge on any atom is -0.355 e. The molecule has 8 heteroatoms. The van der Waals surface area contributed by atoms with Crippen molar-refractivity contribution in [3.05, 3.63) is 23.8 Å². The van der Waals surface area contributed by atoms with E-state index >= 15 is 0 Å². The fourth-order valence-corrected chi connectivity index (χ4v) is 3.88. The van der Waals surface area contributed by atoms with E-state index in [1.165, 1.54) is 0 Å². The van der Waals surface area contributed by atoms with Gasteiger partial charge in [0.1, 0.15) is 11.0 Å². The molecule has 152 valence electrons. The van der Waals surface area contributed by atoms with Gasteiger partial charge in [-0.25, -0.2) is 0 Å². The van der Waals surface area contributed by atoms with E-state index in [1.807, 2.05) is 19.0 Å². The summed E-state index contributed by atoms with van der Waals surface area (Å²) in [5.41, 5.74) is 2.05. The Kier molecular flexibility index (Phi) is 5.98. The van der Waals surface area contributed by atoms with Crippen molar-refractivity contribution < 1.29 is 9.59 Å². The molecule has 0 atom stereocenters. The molecule has 0 bridgehead atoms. The van der Waals surface area contributed by atoms with Gasteiger partial charge in [-0.05, 0) is 50.6 Å². The molecule has 0 aliphatic carbocycles. The number of hydrogen-bond acceptors (Lipinski definition) is 5. The van der Waals surface area contributed by atoms with Crippen molar-refractivity contribution in [3.8, 4) is 0 Å². The normalized spacial score (nSPS) is 16.0. The minimum absolute atomic E-state index is 0.0177. The average molecular weight is 387 g/mol. The Bertz CT molecular complexity index is 836. The highest BCUT2D eigenvalue weighted by Gasteiger charge is 2.29. The van der Waals surface area contributed by atoms with Crippen molar-refractivity contribution in [2.24, 2.45) is 11.3 Å². The lowest BCUT2D eigenvalue weighted by atomic mass is 9.91. The molecule has 0 spiro atoms. The summed E-state index contributed by atoms with van der Waals surface area (Å²) >= 11 is 0. The van der Waals surface area contributed by atoms with Crippen LogP contribution in [0.3, 0.4) is 0 Å². The summed E-state index contributed by atoms with van der Waals surface area (Å²) in [5, 5.41) is 13.7. The quantitative estimate of drug-likeness (QED) is 0.785. The number of nitrogens with one attached hydrogen (secondary N) is 2. The van der Waals surface area contributed by atoms with Gasteiger partial charge in [-0.3, -0.25) is 9.59 Å². The molecule has 28 heavy (non-hydrogen) atoms. The molecule has 1 aromatic heterocycles. The zero-order chi connectivity index (χ0) is 20.3. The average Bonchev–Trinajstić information content (AvgIpc) is 3.12. The van der Waals surface area contributed by atoms with Crippen LogP contribution in [-0.2, 0) is 4.79 Å². The van der Waals surface area contributed by atoms with Crippen molar-refractivity contribution in [1.29, 1.82) is 0 Å². The van der Waals surface area contributed by atoms with Gasteiger partial charge in [-0.15, -0.1) is 0 Å². The number of benzene rings is 1. The number of aromatic amines is 1. The lowest BCUT2D eigenvalue weighted by Crippen LogP contribution is -2.46. The van der Waals surface area contributed by atoms with E-state index in [4.69, 9.17) is 0 Å². The summed E-state index contributed by atoms with van der Waals surface area (Å²) < 4.78 is 0. The summed E-state index contributed by atoms with van der Waals surface area (Å²) in [6.45, 7) is 7.06. The van der Waals surface area contributed by atoms with Gasteiger partial charge in [0.05, 0.1) is 0 Å². The predicted octanol–water partition coefficient (Wildman–Crippen LogP) is 1.51. The van der Waals surface area contributed by atoms with Crippen LogP contribution in [0.5, 0.6) is 0 Å². The molecule has 1 saturated heterocycles. The summed E-state index contributed by atoms with van der Waals surface area (Å²) in [6.07, 6.45) is 1.38. The van der Waals surface area contributed by atoms with E-state index in [-0.39, 0.29) is 23.1 Å². The van der Waals surface area contributed by atoms with Crippen molar-refractivity contribution >= 4 is 22.8 Å². The summed E-state index contributed by atoms with van der Waals surface area (Å²) in [4.78, 5) is 29.3. The van der Waals surface area contributed by atoms with Crippen LogP contribution in [0.1, 0.15) is 37.0 Å². The van der Waals surface area contributed by atoms with Gasteiger partial charge in [0.25, 0.3) is 5.91 Å². The fourth-order valence-electron chi connectivity index (χ4n) is 3.88. The number of amides is 2. The van der Waals surface area contributed by atoms with Crippen LogP contribution in [-0.4, -0.2) is 77.3 Å². The van der Waals surface area contributed by atoms with E-state index in [0.717, 1.165) is 12.1 Å². The second-order valence-electron chi connectivity index (χ2n) is 8.71. The second-order valence-corrected chi connectivity index (χ2v) is 8.71. The Morgan fingerprint density at radius 2 is 1.89 bits per heavy atom. The van der Waals surface area contributed by atoms with E-state index in [1.54, 1.807) is 18.2 Å². The van der Waals surface area contributed by atoms with Crippen LogP contribution in [0.4, 0.5) is 0 Å². The number of carbonyl (C=O) groups is 2. The third-order valence-electron chi connectivity index (χ3n) is 5.20. The first-order valence-corrected chi connectivity index (χ1v) is 9.77. The highest BCUT2D eigenvalue weighted by Crippen LogP contribution is 2.21. The molecule has 1 aromatic carbocycles. The highest BCUT2D eigenvalue weighted by molar-refractivity contribution is 5.97. The van der Waals surface area contributed by atoms with Gasteiger partial charge in [-0.1, -0.05) is 13.8 Å². The molecule has 1 fully saturated rings. The number of aromatic nitrogens is 3. The summed E-state index contributed by atoms with van der Waals surface area (Å²) in [5.74, 6) is 0.0519. The number of rotatable bonds is 6. The van der Waals surface area contributed by atoms with E-state index in [0.29, 0.717) is 43.6 Å². The SMILES string of the molecule is CN(C)CC(C)(C)CNC(=O)C1CCN(C(=O)c2ccc3n[nH]nc3c2)CC1. The smallest absolute Gasteiger partial charge is 0.253 e. The molecule has 2 aromatic rings. The number of carbonyl (C=O) groups excluding carboxylic acids is 2. The van der Waals surface area contributed by atoms with Gasteiger partial charge < -0.3 is 15.1 Å². The number of hydrogen-bond donors (Lipinski definition) is 2. The molecular formula is C20H30N6O2. The van der Waals surface area contributed by atoms with Crippen molar-refractivity contribution in [2.75, 3.05) is 40.3 Å². The maximum Gasteiger partial charge on any atom is 0.253 e. The maximum atomic E-state index is 12.8. The van der Waals surface area contributed by atoms with Crippen LogP contribution in [0.25, 0.3) is 11.0 Å². The first-order valence-electron chi connectivity index (χ1n) is 9.77. The van der Waals surface area contributed by atoms with Crippen LogP contribution >= 0.6 is 0 Å². The van der Waals surface area contributed by atoms with E-state index in [2.05, 4.69) is 39.5 Å². The molecular weight excluding hydrogens is 356 g/mol. The number of H-pyrrole nitrogens is 1. The standard InChI is InChI=1S/C20H30N6O2/c1-20(2,13-25(3)4)12-21-18(27)14-7-9-26(10-8-14)19(28)15-5-6-16-17(11-15)23-24-22-16/h5-6,11,14H,7-10,12-13H2,1-4H3,(H,21,27)(H,22,23,24). The molecule has 2 N–H and O–H groups in total. The Labute approximate surface area is 165 Å². The lowest BCUT2D eigenvalue weighted by Gasteiger charge is -2.33. The Balaban J connectivity index is 1.50. The molecule has 0 saturated carbocycles. The molecule has 0 radical (unpaired) electrons. The summed E-state index contributed by atoms with van der Waals surface area (Å²) in [6, 6.07) is 5.33. The first kappa shape index (κ1) is 20.3. The third-order valence-corrected chi connectivity index (χ3v) is 5.20. The van der Waals surface area contributed by atoms with Crippen LogP contribution in [0.15, 0.2) is 18.2 Å². The molecule has 8 nitrogen and oxygen atoms in total. The predicted molar refractivity (Wildman–Crippen MR) is 108 cm³/mol. The van der Waals surface area contributed by atoms with Gasteiger partial charge in [0.15, 0.2) is 0 Å². The van der Waals surface area contributed by atoms with Gasteiger partial charge >= 0.3 is 0 Å². The van der Waals surface area contributed by atoms with Crippen LogP contribution in [0, 0.1) is 11.3 Å². The Morgan fingerprint density at radius 3 is 2.57 bits per heavy atom. The molecule has 3 rings (SSSR count). The molecule has 2 heterocycles. The van der Waals surface area contributed by atoms with Crippen molar-refractivity contribution in [1.82, 2.24) is 30.5 Å². The summed E-state index contributed by atoms with van der Waals surface area (Å²) in [7, 11) is 4.08.